The zero-order valence-corrected chi connectivity index (χ0v) is 6.21. The van der Waals surface area contributed by atoms with Gasteiger partial charge in [0, 0.05) is 18.6 Å². The Kier molecular flexibility index (Phi) is 1.19. The smallest absolute Gasteiger partial charge is 0.347 e. The number of rotatable bonds is 1. The maximum atomic E-state index is 10.4. The third-order valence-corrected chi connectivity index (χ3v) is 2.30. The topological polar surface area (TPSA) is 54.6 Å². The van der Waals surface area contributed by atoms with Crippen molar-refractivity contribution in [3.63, 3.8) is 0 Å². The zero-order chi connectivity index (χ0) is 7.84. The SMILES string of the molecule is O=C(O)c1cn2ccnc2s1. The quantitative estimate of drug-likeness (QED) is 0.693. The van der Waals surface area contributed by atoms with Gasteiger partial charge in [-0.25, -0.2) is 9.78 Å². The molecule has 0 aliphatic carbocycles. The van der Waals surface area contributed by atoms with Crippen LogP contribution >= 0.6 is 11.3 Å². The molecular formula is C6H4N2O2S. The molecule has 0 aliphatic heterocycles. The summed E-state index contributed by atoms with van der Waals surface area (Å²) in [6.45, 7) is 0. The first kappa shape index (κ1) is 6.36. The molecule has 2 aromatic heterocycles. The van der Waals surface area contributed by atoms with Crippen molar-refractivity contribution >= 4 is 22.3 Å². The molecule has 0 saturated carbocycles. The molecule has 0 fully saturated rings. The number of carboxylic acid groups (broad SMARTS) is 1. The van der Waals surface area contributed by atoms with Crippen LogP contribution in [0.5, 0.6) is 0 Å². The van der Waals surface area contributed by atoms with Crippen LogP contribution in [0.1, 0.15) is 9.67 Å². The lowest BCUT2D eigenvalue weighted by Crippen LogP contribution is -1.90. The molecule has 56 valence electrons. The third kappa shape index (κ3) is 0.894. The average molecular weight is 168 g/mol. The van der Waals surface area contributed by atoms with Crippen LogP contribution in [-0.2, 0) is 0 Å². The van der Waals surface area contributed by atoms with Crippen LogP contribution in [0.3, 0.4) is 0 Å². The second-order valence-electron chi connectivity index (χ2n) is 2.02. The van der Waals surface area contributed by atoms with Gasteiger partial charge in [0.2, 0.25) is 0 Å². The molecule has 0 aromatic carbocycles. The average Bonchev–Trinajstić information content (AvgIpc) is 2.40. The maximum Gasteiger partial charge on any atom is 0.347 e. The van der Waals surface area contributed by atoms with E-state index in [1.54, 1.807) is 23.0 Å². The number of hydrogen-bond acceptors (Lipinski definition) is 3. The molecule has 0 radical (unpaired) electrons. The summed E-state index contributed by atoms with van der Waals surface area (Å²) in [7, 11) is 0. The lowest BCUT2D eigenvalue weighted by atomic mass is 10.6. The van der Waals surface area contributed by atoms with Crippen LogP contribution in [-0.4, -0.2) is 20.5 Å². The van der Waals surface area contributed by atoms with Crippen molar-refractivity contribution in [1.82, 2.24) is 9.38 Å². The Morgan fingerprint density at radius 3 is 3.18 bits per heavy atom. The molecule has 0 amide bonds. The van der Waals surface area contributed by atoms with Crippen molar-refractivity contribution in [2.24, 2.45) is 0 Å². The molecule has 0 unspecified atom stereocenters. The summed E-state index contributed by atoms with van der Waals surface area (Å²) in [5.41, 5.74) is 0. The first-order chi connectivity index (χ1) is 5.27. The Morgan fingerprint density at radius 2 is 2.55 bits per heavy atom. The molecule has 0 saturated heterocycles. The van der Waals surface area contributed by atoms with Gasteiger partial charge >= 0.3 is 5.97 Å². The van der Waals surface area contributed by atoms with Crippen LogP contribution in [0, 0.1) is 0 Å². The predicted octanol–water partition coefficient (Wildman–Crippen LogP) is 1.09. The highest BCUT2D eigenvalue weighted by Crippen LogP contribution is 2.15. The van der Waals surface area contributed by atoms with E-state index in [0.29, 0.717) is 9.84 Å². The highest BCUT2D eigenvalue weighted by molar-refractivity contribution is 7.18. The number of nitrogens with zero attached hydrogens (tertiary/aromatic N) is 2. The van der Waals surface area contributed by atoms with Crippen LogP contribution in [0.25, 0.3) is 4.96 Å². The monoisotopic (exact) mass is 168 g/mol. The van der Waals surface area contributed by atoms with Gasteiger partial charge in [-0.2, -0.15) is 0 Å². The largest absolute Gasteiger partial charge is 0.477 e. The Bertz CT molecular complexity index is 375. The molecule has 1 N–H and O–H groups in total. The van der Waals surface area contributed by atoms with E-state index in [1.807, 2.05) is 0 Å². The standard InChI is InChI=1S/C6H4N2O2S/c9-5(10)4-3-8-2-1-7-6(8)11-4/h1-3H,(H,9,10). The number of aromatic nitrogens is 2. The van der Waals surface area contributed by atoms with Gasteiger partial charge in [-0.15, -0.1) is 0 Å². The van der Waals surface area contributed by atoms with E-state index < -0.39 is 5.97 Å². The van der Waals surface area contributed by atoms with Gasteiger partial charge in [0.1, 0.15) is 4.88 Å². The van der Waals surface area contributed by atoms with E-state index in [0.717, 1.165) is 11.3 Å². The van der Waals surface area contributed by atoms with E-state index in [1.165, 1.54) is 0 Å². The lowest BCUT2D eigenvalue weighted by Gasteiger charge is -1.79. The van der Waals surface area contributed by atoms with E-state index in [4.69, 9.17) is 5.11 Å². The van der Waals surface area contributed by atoms with Gasteiger partial charge in [0.15, 0.2) is 4.96 Å². The van der Waals surface area contributed by atoms with Crippen molar-refractivity contribution in [2.45, 2.75) is 0 Å². The van der Waals surface area contributed by atoms with Crippen molar-refractivity contribution in [1.29, 1.82) is 0 Å². The van der Waals surface area contributed by atoms with Crippen LogP contribution in [0.15, 0.2) is 18.6 Å². The number of fused-ring (bicyclic) bond motifs is 1. The summed E-state index contributed by atoms with van der Waals surface area (Å²) >= 11 is 1.16. The van der Waals surface area contributed by atoms with E-state index in [9.17, 15) is 4.79 Å². The molecule has 0 aliphatic rings. The van der Waals surface area contributed by atoms with Crippen LogP contribution in [0.2, 0.25) is 0 Å². The minimum atomic E-state index is -0.902. The minimum Gasteiger partial charge on any atom is -0.477 e. The molecule has 0 spiro atoms. The van der Waals surface area contributed by atoms with E-state index in [-0.39, 0.29) is 0 Å². The molecule has 4 nitrogen and oxygen atoms in total. The number of carboxylic acids is 1. The molecule has 2 rings (SSSR count). The second kappa shape index (κ2) is 2.06. The van der Waals surface area contributed by atoms with Crippen molar-refractivity contribution in [3.05, 3.63) is 23.5 Å². The molecule has 0 atom stereocenters. The first-order valence-electron chi connectivity index (χ1n) is 2.93. The summed E-state index contributed by atoms with van der Waals surface area (Å²) in [5.74, 6) is -0.902. The number of hydrogen-bond donors (Lipinski definition) is 1. The Hall–Kier alpha value is -1.36. The summed E-state index contributed by atoms with van der Waals surface area (Å²) in [5, 5.41) is 8.57. The summed E-state index contributed by atoms with van der Waals surface area (Å²) in [6.07, 6.45) is 4.91. The fraction of sp³-hybridized carbons (Fsp3) is 0. The molecule has 0 bridgehead atoms. The second-order valence-corrected chi connectivity index (χ2v) is 3.03. The predicted molar refractivity (Wildman–Crippen MR) is 40.0 cm³/mol. The van der Waals surface area contributed by atoms with Crippen molar-refractivity contribution in [2.75, 3.05) is 0 Å². The highest BCUT2D eigenvalue weighted by atomic mass is 32.1. The fourth-order valence-electron chi connectivity index (χ4n) is 0.827. The number of carbonyl (C=O) groups is 1. The number of thiazole rings is 1. The first-order valence-corrected chi connectivity index (χ1v) is 3.75. The normalized spacial score (nSPS) is 10.5. The van der Waals surface area contributed by atoms with E-state index in [2.05, 4.69) is 4.98 Å². The van der Waals surface area contributed by atoms with Crippen molar-refractivity contribution < 1.29 is 9.90 Å². The van der Waals surface area contributed by atoms with Gasteiger partial charge in [0.25, 0.3) is 0 Å². The maximum absolute atomic E-state index is 10.4. The molecule has 11 heavy (non-hydrogen) atoms. The Morgan fingerprint density at radius 1 is 1.73 bits per heavy atom. The summed E-state index contributed by atoms with van der Waals surface area (Å²) in [6, 6.07) is 0. The van der Waals surface area contributed by atoms with E-state index >= 15 is 0 Å². The summed E-state index contributed by atoms with van der Waals surface area (Å²) in [4.78, 5) is 15.4. The fourth-order valence-corrected chi connectivity index (χ4v) is 1.61. The summed E-state index contributed by atoms with van der Waals surface area (Å²) < 4.78 is 1.69. The zero-order valence-electron chi connectivity index (χ0n) is 5.39. The lowest BCUT2D eigenvalue weighted by molar-refractivity contribution is 0.0702. The molecular weight excluding hydrogens is 164 g/mol. The molecule has 5 heteroatoms. The Balaban J connectivity index is 2.67. The minimum absolute atomic E-state index is 0.313. The van der Waals surface area contributed by atoms with Gasteiger partial charge in [-0.3, -0.25) is 4.40 Å². The van der Waals surface area contributed by atoms with Gasteiger partial charge in [0.05, 0.1) is 0 Å². The Labute approximate surface area is 65.7 Å². The van der Waals surface area contributed by atoms with Gasteiger partial charge in [-0.05, 0) is 0 Å². The third-order valence-electron chi connectivity index (χ3n) is 1.30. The highest BCUT2D eigenvalue weighted by Gasteiger charge is 2.07. The molecule has 2 heterocycles. The number of aromatic carboxylic acids is 1. The number of imidazole rings is 1. The van der Waals surface area contributed by atoms with Crippen molar-refractivity contribution in [3.8, 4) is 0 Å². The van der Waals surface area contributed by atoms with Gasteiger partial charge in [-0.1, -0.05) is 11.3 Å². The van der Waals surface area contributed by atoms with Crippen LogP contribution in [0.4, 0.5) is 0 Å². The van der Waals surface area contributed by atoms with Crippen LogP contribution < -0.4 is 0 Å². The molecule has 2 aromatic rings. The van der Waals surface area contributed by atoms with Gasteiger partial charge < -0.3 is 5.11 Å².